The lowest BCUT2D eigenvalue weighted by Crippen LogP contribution is -2.36. The van der Waals surface area contributed by atoms with Crippen LogP contribution in [0.1, 0.15) is 19.3 Å². The number of rotatable bonds is 8. The summed E-state index contributed by atoms with van der Waals surface area (Å²) in [7, 11) is 1.89. The highest BCUT2D eigenvalue weighted by molar-refractivity contribution is 7.88. The molecule has 9 nitrogen and oxygen atoms in total. The third kappa shape index (κ3) is 5.18. The van der Waals surface area contributed by atoms with E-state index >= 15 is 0 Å². The van der Waals surface area contributed by atoms with E-state index in [2.05, 4.69) is 19.9 Å². The third-order valence-corrected chi connectivity index (χ3v) is 5.96. The van der Waals surface area contributed by atoms with Gasteiger partial charge in [0.05, 0.1) is 26.0 Å². The molecule has 10 heteroatoms. The number of fused-ring (bicyclic) bond motifs is 1. The molecule has 2 heterocycles. The van der Waals surface area contributed by atoms with Crippen LogP contribution in [0.25, 0.3) is 10.9 Å². The molecule has 1 aromatic carbocycles. The van der Waals surface area contributed by atoms with Crippen molar-refractivity contribution in [1.29, 1.82) is 0 Å². The molecule has 0 unspecified atom stereocenters. The van der Waals surface area contributed by atoms with Crippen LogP contribution in [0.15, 0.2) is 12.1 Å². The van der Waals surface area contributed by atoms with Crippen molar-refractivity contribution in [3.05, 3.63) is 12.1 Å². The van der Waals surface area contributed by atoms with Gasteiger partial charge in [-0.1, -0.05) is 0 Å². The van der Waals surface area contributed by atoms with Crippen molar-refractivity contribution in [3.8, 4) is 11.5 Å². The van der Waals surface area contributed by atoms with Crippen molar-refractivity contribution >= 4 is 32.7 Å². The van der Waals surface area contributed by atoms with Gasteiger partial charge in [-0.05, 0) is 31.2 Å². The molecule has 0 spiro atoms. The molecule has 0 radical (unpaired) electrons. The van der Waals surface area contributed by atoms with E-state index in [9.17, 15) is 8.42 Å². The SMILES string of the molecule is CNc1nc(N2CCC(CCNS(C)(=O)=O)CC2)c2cc(OC)c(OC)cc2n1. The number of ether oxygens (including phenoxy) is 2. The van der Waals surface area contributed by atoms with Gasteiger partial charge in [0.25, 0.3) is 0 Å². The van der Waals surface area contributed by atoms with E-state index in [4.69, 9.17) is 14.5 Å². The Morgan fingerprint density at radius 1 is 1.14 bits per heavy atom. The van der Waals surface area contributed by atoms with Crippen molar-refractivity contribution in [3.63, 3.8) is 0 Å². The molecule has 0 atom stereocenters. The van der Waals surface area contributed by atoms with Crippen LogP contribution in [0.5, 0.6) is 11.5 Å². The van der Waals surface area contributed by atoms with E-state index in [-0.39, 0.29) is 0 Å². The molecule has 1 saturated heterocycles. The summed E-state index contributed by atoms with van der Waals surface area (Å²) in [6.07, 6.45) is 4.01. The lowest BCUT2D eigenvalue weighted by atomic mass is 9.93. The van der Waals surface area contributed by atoms with Crippen molar-refractivity contribution in [2.75, 3.05) is 57.4 Å². The molecular weight excluding hydrogens is 394 g/mol. The van der Waals surface area contributed by atoms with Crippen molar-refractivity contribution < 1.29 is 17.9 Å². The molecule has 0 aliphatic carbocycles. The second kappa shape index (κ2) is 9.00. The van der Waals surface area contributed by atoms with Crippen LogP contribution in [-0.4, -0.2) is 65.5 Å². The Balaban J connectivity index is 1.80. The highest BCUT2D eigenvalue weighted by atomic mass is 32.2. The minimum Gasteiger partial charge on any atom is -0.493 e. The lowest BCUT2D eigenvalue weighted by Gasteiger charge is -2.33. The summed E-state index contributed by atoms with van der Waals surface area (Å²) in [5.74, 6) is 3.19. The topological polar surface area (TPSA) is 106 Å². The lowest BCUT2D eigenvalue weighted by molar-refractivity contribution is 0.355. The van der Waals surface area contributed by atoms with Crippen molar-refractivity contribution in [2.24, 2.45) is 5.92 Å². The van der Waals surface area contributed by atoms with Gasteiger partial charge in [0, 0.05) is 38.1 Å². The van der Waals surface area contributed by atoms with Crippen molar-refractivity contribution in [1.82, 2.24) is 14.7 Å². The Bertz CT molecular complexity index is 959. The van der Waals surface area contributed by atoms with Gasteiger partial charge < -0.3 is 19.7 Å². The largest absolute Gasteiger partial charge is 0.493 e. The van der Waals surface area contributed by atoms with Gasteiger partial charge in [-0.15, -0.1) is 0 Å². The number of hydrogen-bond acceptors (Lipinski definition) is 8. The molecule has 0 amide bonds. The van der Waals surface area contributed by atoms with Crippen LogP contribution in [0.2, 0.25) is 0 Å². The van der Waals surface area contributed by atoms with Gasteiger partial charge in [0.1, 0.15) is 5.82 Å². The number of methoxy groups -OCH3 is 2. The van der Waals surface area contributed by atoms with Crippen molar-refractivity contribution in [2.45, 2.75) is 19.3 Å². The third-order valence-electron chi connectivity index (χ3n) is 5.24. The number of sulfonamides is 1. The fraction of sp³-hybridized carbons (Fsp3) is 0.579. The zero-order chi connectivity index (χ0) is 21.0. The molecule has 1 fully saturated rings. The number of benzene rings is 1. The molecule has 3 rings (SSSR count). The minimum atomic E-state index is -3.13. The Hall–Kier alpha value is -2.33. The summed E-state index contributed by atoms with van der Waals surface area (Å²) in [6.45, 7) is 2.20. The number of piperidine rings is 1. The Kier molecular flexibility index (Phi) is 6.63. The highest BCUT2D eigenvalue weighted by Crippen LogP contribution is 2.37. The van der Waals surface area contributed by atoms with E-state index in [0.29, 0.717) is 29.9 Å². The molecule has 160 valence electrons. The predicted molar refractivity (Wildman–Crippen MR) is 115 cm³/mol. The van der Waals surface area contributed by atoms with Gasteiger partial charge in [0.15, 0.2) is 11.5 Å². The maximum atomic E-state index is 11.2. The first-order chi connectivity index (χ1) is 13.8. The Morgan fingerprint density at radius 2 is 1.79 bits per heavy atom. The van der Waals surface area contributed by atoms with E-state index in [1.165, 1.54) is 6.26 Å². The minimum absolute atomic E-state index is 0.487. The smallest absolute Gasteiger partial charge is 0.224 e. The standard InChI is InChI=1S/C19H29N5O4S/c1-20-19-22-15-12-17(28-3)16(27-2)11-14(15)18(23-19)24-9-6-13(7-10-24)5-8-21-29(4,25)26/h11-13,21H,5-10H2,1-4H3,(H,20,22,23). The first-order valence-corrected chi connectivity index (χ1v) is 11.5. The highest BCUT2D eigenvalue weighted by Gasteiger charge is 2.23. The number of anilines is 2. The Labute approximate surface area is 171 Å². The summed E-state index contributed by atoms with van der Waals surface area (Å²) >= 11 is 0. The van der Waals surface area contributed by atoms with Crippen LogP contribution >= 0.6 is 0 Å². The first kappa shape index (κ1) is 21.4. The molecule has 0 saturated carbocycles. The Morgan fingerprint density at radius 3 is 2.38 bits per heavy atom. The summed E-state index contributed by atoms with van der Waals surface area (Å²) < 4.78 is 35.9. The van der Waals surface area contributed by atoms with Gasteiger partial charge in [-0.2, -0.15) is 4.98 Å². The fourth-order valence-corrected chi connectivity index (χ4v) is 4.16. The van der Waals surface area contributed by atoms with E-state index in [1.807, 2.05) is 12.1 Å². The number of nitrogens with zero attached hydrogens (tertiary/aromatic N) is 3. The van der Waals surface area contributed by atoms with Gasteiger partial charge in [0.2, 0.25) is 16.0 Å². The average molecular weight is 424 g/mol. The summed E-state index contributed by atoms with van der Waals surface area (Å²) in [5, 5.41) is 3.94. The molecular formula is C19H29N5O4S. The van der Waals surface area contributed by atoms with Crippen LogP contribution in [0.3, 0.4) is 0 Å². The zero-order valence-corrected chi connectivity index (χ0v) is 18.2. The first-order valence-electron chi connectivity index (χ1n) is 9.65. The number of nitrogens with one attached hydrogen (secondary N) is 2. The number of hydrogen-bond donors (Lipinski definition) is 2. The van der Waals surface area contributed by atoms with Crippen LogP contribution in [0, 0.1) is 5.92 Å². The molecule has 1 aliphatic heterocycles. The molecule has 0 bridgehead atoms. The van der Waals surface area contributed by atoms with Crippen LogP contribution < -0.4 is 24.4 Å². The van der Waals surface area contributed by atoms with Crippen LogP contribution in [-0.2, 0) is 10.0 Å². The van der Waals surface area contributed by atoms with E-state index in [1.54, 1.807) is 21.3 Å². The second-order valence-corrected chi connectivity index (χ2v) is 9.06. The van der Waals surface area contributed by atoms with Gasteiger partial charge in [-0.25, -0.2) is 18.1 Å². The quantitative estimate of drug-likeness (QED) is 0.663. The van der Waals surface area contributed by atoms with Gasteiger partial charge in [-0.3, -0.25) is 0 Å². The second-order valence-electron chi connectivity index (χ2n) is 7.23. The summed E-state index contributed by atoms with van der Waals surface area (Å²) in [6, 6.07) is 3.79. The number of aromatic nitrogens is 2. The normalized spacial score (nSPS) is 15.5. The predicted octanol–water partition coefficient (Wildman–Crippen LogP) is 1.84. The molecule has 1 aromatic heterocycles. The average Bonchev–Trinajstić information content (AvgIpc) is 2.71. The van der Waals surface area contributed by atoms with E-state index < -0.39 is 10.0 Å². The molecule has 1 aliphatic rings. The zero-order valence-electron chi connectivity index (χ0n) is 17.4. The molecule has 2 aromatic rings. The fourth-order valence-electron chi connectivity index (χ4n) is 3.67. The molecule has 29 heavy (non-hydrogen) atoms. The van der Waals surface area contributed by atoms with E-state index in [0.717, 1.165) is 49.1 Å². The van der Waals surface area contributed by atoms with Gasteiger partial charge >= 0.3 is 0 Å². The summed E-state index contributed by atoms with van der Waals surface area (Å²) in [4.78, 5) is 11.5. The van der Waals surface area contributed by atoms with Crippen LogP contribution in [0.4, 0.5) is 11.8 Å². The molecule has 2 N–H and O–H groups in total. The maximum absolute atomic E-state index is 11.2. The maximum Gasteiger partial charge on any atom is 0.224 e. The summed E-state index contributed by atoms with van der Waals surface area (Å²) in [5.41, 5.74) is 0.788. The monoisotopic (exact) mass is 423 g/mol.